The molecule has 312 valence electrons. The minimum atomic E-state index is -0.109. The van der Waals surface area contributed by atoms with Crippen molar-refractivity contribution in [1.29, 1.82) is 0 Å². The van der Waals surface area contributed by atoms with Crippen molar-refractivity contribution in [1.82, 2.24) is 29.5 Å². The minimum Gasteiger partial charge on any atom is -0.354 e. The molecule has 67 heavy (non-hydrogen) atoms. The monoisotopic (exact) mass is 856 g/mol. The van der Waals surface area contributed by atoms with Crippen LogP contribution in [0.1, 0.15) is 11.4 Å². The van der Waals surface area contributed by atoms with Gasteiger partial charge in [-0.05, 0) is 88.3 Å². The van der Waals surface area contributed by atoms with Crippen molar-refractivity contribution in [3.8, 4) is 50.3 Å². The first-order valence-electron chi connectivity index (χ1n) is 22.5. The Morgan fingerprint density at radius 3 is 1.34 bits per heavy atom. The standard InChI is InChI=1S/C60H36N6O/c67-60-43-34-41-40(33-42(43)59-64-44-25-13-23-37-24-14-26-51(54(37)44)66(59)60)57-55(38-19-9-3-10-20-38)49-31-29-47(62-49)52(35-15-5-1-6-16-35)45-27-28-46(61-45)53(36-17-7-2-8-18-36)48-30-32-50(63-48)56(58(41)65-57)39-21-11-4-12-22-39/h1-34,62-63H. The van der Waals surface area contributed by atoms with Crippen LogP contribution in [-0.4, -0.2) is 29.5 Å². The van der Waals surface area contributed by atoms with Crippen LogP contribution in [0.2, 0.25) is 0 Å². The Morgan fingerprint density at radius 2 is 0.836 bits per heavy atom. The van der Waals surface area contributed by atoms with Gasteiger partial charge in [0, 0.05) is 65.9 Å². The number of nitrogens with one attached hydrogen (secondary N) is 2. The third-order valence-corrected chi connectivity index (χ3v) is 13.4. The zero-order chi connectivity index (χ0) is 44.2. The van der Waals surface area contributed by atoms with Gasteiger partial charge in [-0.3, -0.25) is 9.36 Å². The Morgan fingerprint density at radius 1 is 0.388 bits per heavy atom. The van der Waals surface area contributed by atoms with Crippen LogP contribution in [0, 0.1) is 0 Å². The molecule has 7 heterocycles. The molecule has 0 fully saturated rings. The zero-order valence-corrected chi connectivity index (χ0v) is 35.8. The Balaban J connectivity index is 1.24. The van der Waals surface area contributed by atoms with E-state index in [1.165, 1.54) is 0 Å². The predicted molar refractivity (Wildman–Crippen MR) is 276 cm³/mol. The molecule has 11 aromatic rings. The Hall–Kier alpha value is -9.20. The molecule has 0 amide bonds. The van der Waals surface area contributed by atoms with E-state index in [0.717, 1.165) is 127 Å². The average Bonchev–Trinajstić information content (AvgIpc) is 4.25. The molecule has 0 spiro atoms. The first-order valence-corrected chi connectivity index (χ1v) is 22.5. The molecule has 4 aromatic heterocycles. The molecular formula is C60H36N6O. The van der Waals surface area contributed by atoms with E-state index in [2.05, 4.69) is 168 Å². The molecule has 3 aliphatic heterocycles. The largest absolute Gasteiger partial charge is 0.354 e. The van der Waals surface area contributed by atoms with Gasteiger partial charge in [0.2, 0.25) is 0 Å². The average molecular weight is 857 g/mol. The van der Waals surface area contributed by atoms with Crippen LogP contribution in [0.25, 0.3) is 139 Å². The first kappa shape index (κ1) is 37.2. The highest BCUT2D eigenvalue weighted by molar-refractivity contribution is 6.22. The Kier molecular flexibility index (Phi) is 8.00. The zero-order valence-electron chi connectivity index (χ0n) is 35.8. The highest BCUT2D eigenvalue weighted by Gasteiger charge is 2.25. The third kappa shape index (κ3) is 5.65. The lowest BCUT2D eigenvalue weighted by Gasteiger charge is -2.11. The van der Waals surface area contributed by atoms with Crippen molar-refractivity contribution in [3.05, 3.63) is 216 Å². The molecule has 0 saturated heterocycles. The molecular weight excluding hydrogens is 821 g/mol. The van der Waals surface area contributed by atoms with Gasteiger partial charge in [-0.2, -0.15) is 0 Å². The molecule has 7 heteroatoms. The Bertz CT molecular complexity index is 4320. The lowest BCUT2D eigenvalue weighted by atomic mass is 10.00. The van der Waals surface area contributed by atoms with E-state index < -0.39 is 0 Å². The number of hydrogen-bond acceptors (Lipinski definition) is 4. The first-order chi connectivity index (χ1) is 33.1. The summed E-state index contributed by atoms with van der Waals surface area (Å²) in [4.78, 5) is 39.3. The summed E-state index contributed by atoms with van der Waals surface area (Å²) in [5.74, 6) is 0.623. The molecule has 0 atom stereocenters. The van der Waals surface area contributed by atoms with Gasteiger partial charge >= 0.3 is 0 Å². The van der Waals surface area contributed by atoms with Crippen molar-refractivity contribution in [3.63, 3.8) is 0 Å². The second-order valence-corrected chi connectivity index (χ2v) is 17.2. The van der Waals surface area contributed by atoms with E-state index in [1.807, 2.05) is 48.5 Å². The van der Waals surface area contributed by atoms with Gasteiger partial charge in [-0.15, -0.1) is 0 Å². The SMILES string of the molecule is O=c1c2cc3c4nc(c(-c5ccccc5)c5ccc([nH]5)c(-c5ccccc5)c5nc(c(-c6ccccc6)c6ccc([nH]6)c4-c4ccccc4)C=C5)c3cc2c2nc3cccc4cccc(c43)n1-2. The number of aromatic nitrogens is 6. The molecule has 8 bridgehead atoms. The van der Waals surface area contributed by atoms with E-state index >= 15 is 4.79 Å². The summed E-state index contributed by atoms with van der Waals surface area (Å²) in [6.45, 7) is 0. The van der Waals surface area contributed by atoms with Crippen molar-refractivity contribution < 1.29 is 0 Å². The molecule has 7 aromatic carbocycles. The van der Waals surface area contributed by atoms with Crippen molar-refractivity contribution >= 4 is 88.6 Å². The van der Waals surface area contributed by atoms with Crippen molar-refractivity contribution in [2.75, 3.05) is 0 Å². The van der Waals surface area contributed by atoms with Crippen molar-refractivity contribution in [2.24, 2.45) is 0 Å². The molecule has 0 radical (unpaired) electrons. The van der Waals surface area contributed by atoms with Gasteiger partial charge in [-0.25, -0.2) is 15.0 Å². The van der Waals surface area contributed by atoms with E-state index in [4.69, 9.17) is 15.0 Å². The van der Waals surface area contributed by atoms with Crippen molar-refractivity contribution in [2.45, 2.75) is 0 Å². The fourth-order valence-electron chi connectivity index (χ4n) is 10.5. The summed E-state index contributed by atoms with van der Waals surface area (Å²) in [6.07, 6.45) is 4.25. The van der Waals surface area contributed by atoms with Crippen LogP contribution in [0.3, 0.4) is 0 Å². The van der Waals surface area contributed by atoms with Crippen LogP contribution < -0.4 is 5.56 Å². The molecule has 0 saturated carbocycles. The highest BCUT2D eigenvalue weighted by Crippen LogP contribution is 2.43. The molecule has 0 aliphatic carbocycles. The predicted octanol–water partition coefficient (Wildman–Crippen LogP) is 14.5. The van der Waals surface area contributed by atoms with E-state index in [0.29, 0.717) is 11.2 Å². The second-order valence-electron chi connectivity index (χ2n) is 17.2. The van der Waals surface area contributed by atoms with Gasteiger partial charge in [-0.1, -0.05) is 146 Å². The number of hydrogen-bond donors (Lipinski definition) is 2. The summed E-state index contributed by atoms with van der Waals surface area (Å²) < 4.78 is 1.80. The maximum Gasteiger partial charge on any atom is 0.264 e. The number of aromatic amines is 2. The number of benzene rings is 7. The molecule has 14 rings (SSSR count). The summed E-state index contributed by atoms with van der Waals surface area (Å²) in [6, 6.07) is 66.9. The topological polar surface area (TPSA) is 92.2 Å². The second kappa shape index (κ2) is 14.4. The number of fused-ring (bicyclic) bond motifs is 15. The number of H-pyrrole nitrogens is 2. The molecule has 0 unspecified atom stereocenters. The quantitative estimate of drug-likeness (QED) is 0.184. The van der Waals surface area contributed by atoms with E-state index in [9.17, 15) is 0 Å². The van der Waals surface area contributed by atoms with Gasteiger partial charge in [0.05, 0.1) is 38.8 Å². The smallest absolute Gasteiger partial charge is 0.264 e. The highest BCUT2D eigenvalue weighted by atomic mass is 16.1. The van der Waals surface area contributed by atoms with Crippen LogP contribution in [0.5, 0.6) is 0 Å². The molecule has 7 nitrogen and oxygen atoms in total. The summed E-state index contributed by atoms with van der Waals surface area (Å²) >= 11 is 0. The third-order valence-electron chi connectivity index (χ3n) is 13.4. The fraction of sp³-hybridized carbons (Fsp3) is 0. The fourth-order valence-corrected chi connectivity index (χ4v) is 10.5. The van der Waals surface area contributed by atoms with E-state index in [-0.39, 0.29) is 5.56 Å². The Labute approximate surface area is 382 Å². The van der Waals surface area contributed by atoms with Crippen LogP contribution in [-0.2, 0) is 0 Å². The minimum absolute atomic E-state index is 0.109. The summed E-state index contributed by atoms with van der Waals surface area (Å²) in [7, 11) is 0. The van der Waals surface area contributed by atoms with Gasteiger partial charge in [0.15, 0.2) is 0 Å². The maximum atomic E-state index is 15.0. The number of rotatable bonds is 4. The normalized spacial score (nSPS) is 12.2. The summed E-state index contributed by atoms with van der Waals surface area (Å²) in [5.41, 5.74) is 16.3. The lowest BCUT2D eigenvalue weighted by Crippen LogP contribution is -2.14. The van der Waals surface area contributed by atoms with Gasteiger partial charge in [0.1, 0.15) is 5.82 Å². The van der Waals surface area contributed by atoms with Gasteiger partial charge < -0.3 is 9.97 Å². The van der Waals surface area contributed by atoms with Crippen LogP contribution in [0.15, 0.2) is 199 Å². The number of nitrogens with zero attached hydrogens (tertiary/aromatic N) is 4. The molecule has 2 N–H and O–H groups in total. The maximum absolute atomic E-state index is 15.0. The molecule has 3 aliphatic rings. The van der Waals surface area contributed by atoms with E-state index in [1.54, 1.807) is 4.57 Å². The van der Waals surface area contributed by atoms with Crippen LogP contribution in [0.4, 0.5) is 0 Å². The van der Waals surface area contributed by atoms with Crippen LogP contribution >= 0.6 is 0 Å². The summed E-state index contributed by atoms with van der Waals surface area (Å²) in [5, 5.41) is 5.16. The van der Waals surface area contributed by atoms with Gasteiger partial charge in [0.25, 0.3) is 5.56 Å². The lowest BCUT2D eigenvalue weighted by molar-refractivity contribution is 1.04.